The van der Waals surface area contributed by atoms with Crippen LogP contribution < -0.4 is 4.74 Å². The molecule has 2 rings (SSSR count). The van der Waals surface area contributed by atoms with Gasteiger partial charge in [0.25, 0.3) is 0 Å². The van der Waals surface area contributed by atoms with E-state index in [1.807, 2.05) is 25.1 Å². The van der Waals surface area contributed by atoms with E-state index in [0.717, 1.165) is 38.2 Å². The summed E-state index contributed by atoms with van der Waals surface area (Å²) in [6.07, 6.45) is 1.99. The number of ether oxygens (including phenoxy) is 2. The topological polar surface area (TPSA) is 38.8 Å². The van der Waals surface area contributed by atoms with Crippen molar-refractivity contribution in [3.8, 4) is 5.75 Å². The van der Waals surface area contributed by atoms with Gasteiger partial charge in [-0.2, -0.15) is 0 Å². The highest BCUT2D eigenvalue weighted by molar-refractivity contribution is 5.85. The van der Waals surface area contributed by atoms with E-state index in [1.54, 1.807) is 0 Å². The van der Waals surface area contributed by atoms with Crippen LogP contribution in [0.15, 0.2) is 24.3 Å². The molecule has 0 saturated carbocycles. The fourth-order valence-electron chi connectivity index (χ4n) is 2.71. The Balaban J connectivity index is 0.00000242. The lowest BCUT2D eigenvalue weighted by molar-refractivity contribution is -0.150. The minimum atomic E-state index is -0.0539. The highest BCUT2D eigenvalue weighted by Gasteiger charge is 2.26. The molecule has 0 aromatic heterocycles. The van der Waals surface area contributed by atoms with Crippen LogP contribution in [0.5, 0.6) is 5.75 Å². The number of carbonyl (C=O) groups is 1. The molecule has 1 fully saturated rings. The zero-order valence-electron chi connectivity index (χ0n) is 13.4. The van der Waals surface area contributed by atoms with Gasteiger partial charge in [0.1, 0.15) is 12.4 Å². The molecule has 0 radical (unpaired) electrons. The van der Waals surface area contributed by atoms with Crippen molar-refractivity contribution in [2.45, 2.75) is 26.7 Å². The first kappa shape index (κ1) is 18.8. The van der Waals surface area contributed by atoms with E-state index in [4.69, 9.17) is 9.47 Å². The zero-order valence-corrected chi connectivity index (χ0v) is 14.2. The first-order chi connectivity index (χ1) is 10.2. The van der Waals surface area contributed by atoms with Gasteiger partial charge in [0, 0.05) is 13.1 Å². The number of nitrogens with zero attached hydrogens (tertiary/aromatic N) is 1. The van der Waals surface area contributed by atoms with Crippen molar-refractivity contribution < 1.29 is 14.3 Å². The summed E-state index contributed by atoms with van der Waals surface area (Å²) in [5.74, 6) is 0.883. The zero-order chi connectivity index (χ0) is 15.1. The standard InChI is InChI=1S/C17H25NO3.ClH/c1-3-20-17(19)15-7-5-9-18(13-15)10-11-21-16-8-4-6-14(2)12-16;/h4,6,8,12,15H,3,5,7,9-11,13H2,1-2H3;1H. The molecule has 4 nitrogen and oxygen atoms in total. The lowest BCUT2D eigenvalue weighted by atomic mass is 9.98. The number of piperidine rings is 1. The van der Waals surface area contributed by atoms with Crippen molar-refractivity contribution >= 4 is 18.4 Å². The molecule has 1 aliphatic rings. The molecule has 22 heavy (non-hydrogen) atoms. The fourth-order valence-corrected chi connectivity index (χ4v) is 2.71. The van der Waals surface area contributed by atoms with E-state index in [1.165, 1.54) is 5.56 Å². The molecular weight excluding hydrogens is 302 g/mol. The van der Waals surface area contributed by atoms with E-state index < -0.39 is 0 Å². The van der Waals surface area contributed by atoms with Crippen LogP contribution in [-0.4, -0.2) is 43.7 Å². The molecule has 0 amide bonds. The SMILES string of the molecule is CCOC(=O)C1CCCN(CCOc2cccc(C)c2)C1.Cl. The van der Waals surface area contributed by atoms with Crippen molar-refractivity contribution in [2.75, 3.05) is 32.8 Å². The third-order valence-electron chi connectivity index (χ3n) is 3.79. The Morgan fingerprint density at radius 2 is 2.23 bits per heavy atom. The second-order valence-corrected chi connectivity index (χ2v) is 5.56. The summed E-state index contributed by atoms with van der Waals surface area (Å²) in [5, 5.41) is 0. The number of esters is 1. The Morgan fingerprint density at radius 1 is 1.41 bits per heavy atom. The van der Waals surface area contributed by atoms with Crippen molar-refractivity contribution in [1.29, 1.82) is 0 Å². The predicted octanol–water partition coefficient (Wildman–Crippen LogP) is 3.07. The quantitative estimate of drug-likeness (QED) is 0.753. The normalized spacial score (nSPS) is 18.4. The Hall–Kier alpha value is -1.26. The van der Waals surface area contributed by atoms with Gasteiger partial charge >= 0.3 is 5.97 Å². The van der Waals surface area contributed by atoms with Gasteiger partial charge in [-0.05, 0) is 50.9 Å². The molecule has 1 aromatic rings. The Labute approximate surface area is 139 Å². The number of hydrogen-bond donors (Lipinski definition) is 0. The maximum atomic E-state index is 11.8. The summed E-state index contributed by atoms with van der Waals surface area (Å²) in [5.41, 5.74) is 1.20. The van der Waals surface area contributed by atoms with Crippen LogP contribution in [0.25, 0.3) is 0 Å². The maximum absolute atomic E-state index is 11.8. The van der Waals surface area contributed by atoms with E-state index in [-0.39, 0.29) is 24.3 Å². The summed E-state index contributed by atoms with van der Waals surface area (Å²) < 4.78 is 10.9. The van der Waals surface area contributed by atoms with Gasteiger partial charge in [-0.15, -0.1) is 12.4 Å². The van der Waals surface area contributed by atoms with Crippen LogP contribution >= 0.6 is 12.4 Å². The monoisotopic (exact) mass is 327 g/mol. The summed E-state index contributed by atoms with van der Waals surface area (Å²) in [6.45, 7) is 7.70. The van der Waals surface area contributed by atoms with Crippen LogP contribution in [0.1, 0.15) is 25.3 Å². The van der Waals surface area contributed by atoms with Gasteiger partial charge in [-0.3, -0.25) is 9.69 Å². The van der Waals surface area contributed by atoms with Gasteiger partial charge in [-0.1, -0.05) is 12.1 Å². The number of rotatable bonds is 6. The number of carbonyl (C=O) groups excluding carboxylic acids is 1. The molecule has 1 saturated heterocycles. The molecule has 1 aromatic carbocycles. The van der Waals surface area contributed by atoms with Gasteiger partial charge in [0.2, 0.25) is 0 Å². The van der Waals surface area contributed by atoms with E-state index in [9.17, 15) is 4.79 Å². The first-order valence-electron chi connectivity index (χ1n) is 7.77. The van der Waals surface area contributed by atoms with Crippen molar-refractivity contribution in [1.82, 2.24) is 4.90 Å². The second-order valence-electron chi connectivity index (χ2n) is 5.56. The minimum absolute atomic E-state index is 0. The third-order valence-corrected chi connectivity index (χ3v) is 3.79. The minimum Gasteiger partial charge on any atom is -0.492 e. The summed E-state index contributed by atoms with van der Waals surface area (Å²) in [6, 6.07) is 8.08. The molecule has 0 aliphatic carbocycles. The van der Waals surface area contributed by atoms with E-state index >= 15 is 0 Å². The van der Waals surface area contributed by atoms with Crippen LogP contribution in [-0.2, 0) is 9.53 Å². The largest absolute Gasteiger partial charge is 0.492 e. The molecule has 1 atom stereocenters. The number of likely N-dealkylation sites (tertiary alicyclic amines) is 1. The number of aryl methyl sites for hydroxylation is 1. The number of hydrogen-bond acceptors (Lipinski definition) is 4. The van der Waals surface area contributed by atoms with Crippen molar-refractivity contribution in [2.24, 2.45) is 5.92 Å². The van der Waals surface area contributed by atoms with Crippen LogP contribution in [0, 0.1) is 12.8 Å². The Kier molecular flexibility index (Phi) is 8.28. The molecule has 1 unspecified atom stereocenters. The predicted molar refractivity (Wildman–Crippen MR) is 89.7 cm³/mol. The van der Waals surface area contributed by atoms with Gasteiger partial charge in [0.15, 0.2) is 0 Å². The lowest BCUT2D eigenvalue weighted by Crippen LogP contribution is -2.41. The maximum Gasteiger partial charge on any atom is 0.310 e. The van der Waals surface area contributed by atoms with Gasteiger partial charge < -0.3 is 9.47 Å². The number of benzene rings is 1. The van der Waals surface area contributed by atoms with E-state index in [0.29, 0.717) is 13.2 Å². The second kappa shape index (κ2) is 9.70. The van der Waals surface area contributed by atoms with Crippen molar-refractivity contribution in [3.05, 3.63) is 29.8 Å². The summed E-state index contributed by atoms with van der Waals surface area (Å²) in [4.78, 5) is 14.1. The molecule has 0 bridgehead atoms. The van der Waals surface area contributed by atoms with Crippen molar-refractivity contribution in [3.63, 3.8) is 0 Å². The molecule has 0 spiro atoms. The number of halogens is 1. The molecule has 1 heterocycles. The molecule has 124 valence electrons. The van der Waals surface area contributed by atoms with Crippen LogP contribution in [0.3, 0.4) is 0 Å². The summed E-state index contributed by atoms with van der Waals surface area (Å²) in [7, 11) is 0. The fraction of sp³-hybridized carbons (Fsp3) is 0.588. The summed E-state index contributed by atoms with van der Waals surface area (Å²) >= 11 is 0. The average Bonchev–Trinajstić information content (AvgIpc) is 2.48. The molecular formula is C17H26ClNO3. The molecule has 5 heteroatoms. The molecule has 1 aliphatic heterocycles. The van der Waals surface area contributed by atoms with Crippen LogP contribution in [0.4, 0.5) is 0 Å². The average molecular weight is 328 g/mol. The highest BCUT2D eigenvalue weighted by atomic mass is 35.5. The third kappa shape index (κ3) is 5.85. The Bertz CT molecular complexity index is 467. The Morgan fingerprint density at radius 3 is 2.95 bits per heavy atom. The lowest BCUT2D eigenvalue weighted by Gasteiger charge is -2.31. The smallest absolute Gasteiger partial charge is 0.310 e. The van der Waals surface area contributed by atoms with Gasteiger partial charge in [-0.25, -0.2) is 0 Å². The first-order valence-corrected chi connectivity index (χ1v) is 7.77. The van der Waals surface area contributed by atoms with E-state index in [2.05, 4.69) is 17.9 Å². The highest BCUT2D eigenvalue weighted by Crippen LogP contribution is 2.18. The van der Waals surface area contributed by atoms with Crippen LogP contribution in [0.2, 0.25) is 0 Å². The van der Waals surface area contributed by atoms with Gasteiger partial charge in [0.05, 0.1) is 12.5 Å². The molecule has 0 N–H and O–H groups in total.